The highest BCUT2D eigenvalue weighted by atomic mass is 16.5. The van der Waals surface area contributed by atoms with Gasteiger partial charge in [-0.2, -0.15) is 0 Å². The predicted molar refractivity (Wildman–Crippen MR) is 160 cm³/mol. The first-order chi connectivity index (χ1) is 21.0. The van der Waals surface area contributed by atoms with E-state index < -0.39 is 0 Å². The number of methoxy groups -OCH3 is 1. The molecule has 1 saturated heterocycles. The van der Waals surface area contributed by atoms with Gasteiger partial charge in [0.2, 0.25) is 0 Å². The molecule has 0 saturated carbocycles. The number of ether oxygens (including phenoxy) is 4. The first-order valence-electron chi connectivity index (χ1n) is 14.4. The highest BCUT2D eigenvalue weighted by Crippen LogP contribution is 2.29. The van der Waals surface area contributed by atoms with E-state index in [1.54, 1.807) is 31.5 Å². The van der Waals surface area contributed by atoms with Gasteiger partial charge in [-0.15, -0.1) is 0 Å². The normalized spacial score (nSPS) is 19.8. The lowest BCUT2D eigenvalue weighted by Gasteiger charge is -2.38. The second-order valence-electron chi connectivity index (χ2n) is 10.5. The summed E-state index contributed by atoms with van der Waals surface area (Å²) < 4.78 is 23.5. The van der Waals surface area contributed by atoms with Crippen molar-refractivity contribution >= 4 is 17.8 Å². The first-order valence-corrected chi connectivity index (χ1v) is 14.4. The molecule has 3 amide bonds. The van der Waals surface area contributed by atoms with Crippen LogP contribution < -0.4 is 31.2 Å². The zero-order valence-corrected chi connectivity index (χ0v) is 24.2. The molecule has 12 heteroatoms. The average Bonchev–Trinajstić information content (AvgIpc) is 3.00. The maximum absolute atomic E-state index is 13.0. The summed E-state index contributed by atoms with van der Waals surface area (Å²) in [4.78, 5) is 32.2. The van der Waals surface area contributed by atoms with Crippen LogP contribution in [0.2, 0.25) is 0 Å². The Morgan fingerprint density at radius 1 is 1.05 bits per heavy atom. The van der Waals surface area contributed by atoms with Gasteiger partial charge < -0.3 is 40.6 Å². The fourth-order valence-electron chi connectivity index (χ4n) is 5.08. The molecule has 2 aliphatic rings. The molecule has 0 radical (unpaired) electrons. The Kier molecular flexibility index (Phi) is 10.3. The topological polar surface area (TPSA) is 149 Å². The number of likely N-dealkylation sites (tertiary alicyclic amines) is 1. The molecule has 0 aliphatic carbocycles. The number of urea groups is 1. The molecule has 4 bridgehead atoms. The first kappa shape index (κ1) is 30.1. The fraction of sp³-hybridized carbons (Fsp3) is 0.387. The summed E-state index contributed by atoms with van der Waals surface area (Å²) >= 11 is 0. The molecule has 43 heavy (non-hydrogen) atoms. The van der Waals surface area contributed by atoms with E-state index in [0.29, 0.717) is 68.0 Å². The van der Waals surface area contributed by atoms with Crippen molar-refractivity contribution in [1.29, 1.82) is 0 Å². The van der Waals surface area contributed by atoms with Crippen molar-refractivity contribution in [3.8, 4) is 17.2 Å². The predicted octanol–water partition coefficient (Wildman–Crippen LogP) is 2.68. The highest BCUT2D eigenvalue weighted by Gasteiger charge is 2.31. The number of anilines is 1. The van der Waals surface area contributed by atoms with E-state index in [0.717, 1.165) is 17.7 Å². The summed E-state index contributed by atoms with van der Waals surface area (Å²) in [7, 11) is 1.59. The van der Waals surface area contributed by atoms with Crippen LogP contribution in [0.3, 0.4) is 0 Å². The van der Waals surface area contributed by atoms with Crippen molar-refractivity contribution < 1.29 is 28.5 Å². The minimum atomic E-state index is -0.315. The monoisotopic (exact) mass is 590 g/mol. The van der Waals surface area contributed by atoms with E-state index in [1.807, 2.05) is 36.4 Å². The molecule has 1 aromatic heterocycles. The number of aromatic nitrogens is 1. The van der Waals surface area contributed by atoms with Gasteiger partial charge in [0.1, 0.15) is 29.7 Å². The van der Waals surface area contributed by atoms with Gasteiger partial charge in [-0.05, 0) is 42.3 Å². The van der Waals surface area contributed by atoms with Gasteiger partial charge >= 0.3 is 6.03 Å². The van der Waals surface area contributed by atoms with Crippen LogP contribution in [0, 0.1) is 0 Å². The molecule has 12 nitrogen and oxygen atoms in total. The van der Waals surface area contributed by atoms with E-state index >= 15 is 0 Å². The molecule has 228 valence electrons. The number of amides is 3. The summed E-state index contributed by atoms with van der Waals surface area (Å²) in [6.45, 7) is 3.53. The van der Waals surface area contributed by atoms with Crippen LogP contribution in [0.15, 0.2) is 60.8 Å². The van der Waals surface area contributed by atoms with Gasteiger partial charge in [0.25, 0.3) is 5.91 Å². The number of pyridine rings is 1. The molecule has 0 unspecified atom stereocenters. The SMILES string of the molecule is COCCOc1cc2cc(c1)C(=O)NCCNC(=O)N[C@H]1CCN(Cc3cccnc3N)C[C@@H]1OCc1cccc(c1)O2. The number of piperidine rings is 1. The van der Waals surface area contributed by atoms with E-state index in [4.69, 9.17) is 24.7 Å². The Morgan fingerprint density at radius 2 is 1.93 bits per heavy atom. The Hall–Kier alpha value is -4.39. The van der Waals surface area contributed by atoms with Crippen LogP contribution in [-0.4, -0.2) is 80.5 Å². The third-order valence-electron chi connectivity index (χ3n) is 7.27. The molecule has 5 N–H and O–H groups in total. The molecule has 2 aromatic carbocycles. The number of nitrogen functional groups attached to an aromatic ring is 1. The summed E-state index contributed by atoms with van der Waals surface area (Å²) in [6.07, 6.45) is 2.10. The lowest BCUT2D eigenvalue weighted by atomic mass is 10.0. The lowest BCUT2D eigenvalue weighted by Crippen LogP contribution is -2.56. The maximum atomic E-state index is 13.0. The van der Waals surface area contributed by atoms with E-state index in [9.17, 15) is 9.59 Å². The molecular weight excluding hydrogens is 552 g/mol. The number of hydrogen-bond donors (Lipinski definition) is 4. The standard InChI is InChI=1S/C31H38N6O6/c1-40-12-13-41-25-15-23-16-26(17-25)43-24-6-2-4-21(14-24)20-42-28-19-37(18-22-5-3-8-33-29(22)32)11-7-27(28)36-31(39)35-10-9-34-30(23)38/h2-6,8,14-17,27-28H,7,9-13,18-20H2,1H3,(H2,32,33)(H,34,38)(H2,35,36,39)/t27-,28-/m0/s1. The second-order valence-corrected chi connectivity index (χ2v) is 10.5. The molecule has 0 spiro atoms. The highest BCUT2D eigenvalue weighted by molar-refractivity contribution is 5.95. The minimum absolute atomic E-state index is 0.202. The van der Waals surface area contributed by atoms with Gasteiger partial charge in [0.05, 0.1) is 25.4 Å². The van der Waals surface area contributed by atoms with Gasteiger partial charge in [-0.3, -0.25) is 9.69 Å². The molecule has 5 rings (SSSR count). The van der Waals surface area contributed by atoms with Crippen molar-refractivity contribution in [3.05, 3.63) is 77.5 Å². The fourth-order valence-corrected chi connectivity index (χ4v) is 5.08. The number of nitrogens with zero attached hydrogens (tertiary/aromatic N) is 2. The van der Waals surface area contributed by atoms with Crippen molar-refractivity contribution in [3.63, 3.8) is 0 Å². The molecular formula is C31H38N6O6. The number of hydrogen-bond acceptors (Lipinski definition) is 9. The Balaban J connectivity index is 1.35. The van der Waals surface area contributed by atoms with Crippen LogP contribution in [0.4, 0.5) is 10.6 Å². The molecule has 2 atom stereocenters. The zero-order valence-electron chi connectivity index (χ0n) is 24.2. The Morgan fingerprint density at radius 3 is 2.79 bits per heavy atom. The average molecular weight is 591 g/mol. The van der Waals surface area contributed by atoms with E-state index in [-0.39, 0.29) is 37.2 Å². The number of carbonyl (C=O) groups excluding carboxylic acids is 2. The Labute approximate surface area is 250 Å². The molecule has 3 aromatic rings. The second kappa shape index (κ2) is 14.7. The number of rotatable bonds is 6. The number of nitrogens with two attached hydrogens (primary N) is 1. The van der Waals surface area contributed by atoms with Crippen LogP contribution in [-0.2, 0) is 22.6 Å². The summed E-state index contributed by atoms with van der Waals surface area (Å²) in [5.41, 5.74) is 8.32. The van der Waals surface area contributed by atoms with Gasteiger partial charge in [-0.1, -0.05) is 18.2 Å². The lowest BCUT2D eigenvalue weighted by molar-refractivity contribution is -0.0303. The van der Waals surface area contributed by atoms with Crippen molar-refractivity contribution in [1.82, 2.24) is 25.8 Å². The Bertz CT molecular complexity index is 1400. The molecule has 3 heterocycles. The minimum Gasteiger partial charge on any atom is -0.491 e. The van der Waals surface area contributed by atoms with Gasteiger partial charge in [0, 0.05) is 63.2 Å². The van der Waals surface area contributed by atoms with Crippen LogP contribution in [0.5, 0.6) is 17.2 Å². The van der Waals surface area contributed by atoms with Crippen molar-refractivity contribution in [2.24, 2.45) is 0 Å². The summed E-state index contributed by atoms with van der Waals surface area (Å²) in [5.74, 6) is 1.72. The third-order valence-corrected chi connectivity index (χ3v) is 7.27. The van der Waals surface area contributed by atoms with Crippen molar-refractivity contribution in [2.75, 3.05) is 52.2 Å². The summed E-state index contributed by atoms with van der Waals surface area (Å²) in [5, 5.41) is 8.75. The quantitative estimate of drug-likeness (QED) is 0.318. The number of benzene rings is 2. The van der Waals surface area contributed by atoms with Crippen LogP contribution in [0.25, 0.3) is 0 Å². The van der Waals surface area contributed by atoms with Gasteiger partial charge in [0.15, 0.2) is 0 Å². The number of nitrogens with one attached hydrogen (secondary N) is 3. The summed E-state index contributed by atoms with van der Waals surface area (Å²) in [6, 6.07) is 16.0. The van der Waals surface area contributed by atoms with Crippen LogP contribution in [0.1, 0.15) is 27.9 Å². The largest absolute Gasteiger partial charge is 0.491 e. The smallest absolute Gasteiger partial charge is 0.315 e. The molecule has 1 fully saturated rings. The third kappa shape index (κ3) is 8.57. The van der Waals surface area contributed by atoms with Crippen LogP contribution >= 0.6 is 0 Å². The molecule has 2 aliphatic heterocycles. The van der Waals surface area contributed by atoms with Crippen molar-refractivity contribution in [2.45, 2.75) is 31.7 Å². The van der Waals surface area contributed by atoms with Gasteiger partial charge in [-0.25, -0.2) is 9.78 Å². The van der Waals surface area contributed by atoms with E-state index in [2.05, 4.69) is 25.8 Å². The van der Waals surface area contributed by atoms with E-state index in [1.165, 1.54) is 0 Å². The number of fused-ring (bicyclic) bond motifs is 5. The number of carbonyl (C=O) groups is 2. The zero-order chi connectivity index (χ0) is 30.0. The maximum Gasteiger partial charge on any atom is 0.315 e.